The highest BCUT2D eigenvalue weighted by atomic mass is 33.2. The minimum absolute atomic E-state index is 0.594. The van der Waals surface area contributed by atoms with Gasteiger partial charge in [0.15, 0.2) is 4.93 Å². The third-order valence-corrected chi connectivity index (χ3v) is 6.11. The molecule has 0 spiro atoms. The Labute approximate surface area is 105 Å². The molecule has 0 saturated carbocycles. The van der Waals surface area contributed by atoms with Crippen molar-refractivity contribution in [3.05, 3.63) is 36.2 Å². The van der Waals surface area contributed by atoms with Gasteiger partial charge in [0.1, 0.15) is 0 Å². The van der Waals surface area contributed by atoms with Gasteiger partial charge in [-0.25, -0.2) is 4.18 Å². The van der Waals surface area contributed by atoms with Gasteiger partial charge in [-0.2, -0.15) is 8.42 Å². The van der Waals surface area contributed by atoms with Gasteiger partial charge >= 0.3 is 9.15 Å². The molecule has 1 aliphatic rings. The maximum absolute atomic E-state index is 11.0. The van der Waals surface area contributed by atoms with E-state index in [2.05, 4.69) is 11.1 Å². The van der Waals surface area contributed by atoms with Gasteiger partial charge in [-0.3, -0.25) is 0 Å². The molecule has 6 heteroatoms. The van der Waals surface area contributed by atoms with Crippen LogP contribution in [0.3, 0.4) is 0 Å². The second kappa shape index (κ2) is 4.19. The Morgan fingerprint density at radius 1 is 1.47 bits per heavy atom. The Balaban J connectivity index is 2.06. The van der Waals surface area contributed by atoms with Gasteiger partial charge in [0.25, 0.3) is 0 Å². The van der Waals surface area contributed by atoms with E-state index in [1.807, 2.05) is 26.0 Å². The minimum atomic E-state index is -3.38. The van der Waals surface area contributed by atoms with E-state index in [9.17, 15) is 8.42 Å². The van der Waals surface area contributed by atoms with Crippen LogP contribution in [0, 0.1) is 13.8 Å². The zero-order valence-corrected chi connectivity index (χ0v) is 11.5. The molecule has 0 amide bonds. The Kier molecular flexibility index (Phi) is 3.14. The number of rotatable bonds is 4. The fraction of sp³-hybridized carbons (Fsp3) is 0.455. The first-order valence-corrected chi connectivity index (χ1v) is 8.04. The fourth-order valence-corrected chi connectivity index (χ4v) is 5.06. The van der Waals surface area contributed by atoms with Crippen molar-refractivity contribution in [3.63, 3.8) is 0 Å². The number of hydrogen-bond donors (Lipinski definition) is 0. The summed E-state index contributed by atoms with van der Waals surface area (Å²) in [7, 11) is -2.55. The highest BCUT2D eigenvalue weighted by Crippen LogP contribution is 2.49. The third kappa shape index (κ3) is 2.43. The average Bonchev–Trinajstić information content (AvgIpc) is 2.53. The average molecular weight is 273 g/mol. The number of hydrogen-bond acceptors (Lipinski definition) is 4. The third-order valence-electron chi connectivity index (χ3n) is 2.90. The van der Waals surface area contributed by atoms with Crippen LogP contribution < -0.4 is 0 Å². The summed E-state index contributed by atoms with van der Waals surface area (Å²) in [6, 6.07) is 4.09. The van der Waals surface area contributed by atoms with E-state index in [1.54, 1.807) is 6.08 Å². The van der Waals surface area contributed by atoms with E-state index in [4.69, 9.17) is 4.18 Å². The van der Waals surface area contributed by atoms with Gasteiger partial charge in [0.05, 0.1) is 0 Å². The molecule has 94 valence electrons. The van der Waals surface area contributed by atoms with Gasteiger partial charge in [-0.1, -0.05) is 6.58 Å². The van der Waals surface area contributed by atoms with Crippen LogP contribution in [0.1, 0.15) is 17.8 Å². The molecule has 0 N–H and O–H groups in total. The maximum atomic E-state index is 11.0. The lowest BCUT2D eigenvalue weighted by Gasteiger charge is -2.36. The molecule has 1 aromatic rings. The van der Waals surface area contributed by atoms with Gasteiger partial charge in [0, 0.05) is 35.1 Å². The molecule has 1 saturated heterocycles. The summed E-state index contributed by atoms with van der Waals surface area (Å²) in [6.07, 6.45) is 2.16. The summed E-state index contributed by atoms with van der Waals surface area (Å²) in [6.45, 7) is 8.42. The molecule has 1 aliphatic heterocycles. The summed E-state index contributed by atoms with van der Waals surface area (Å²) < 4.78 is 29.2. The number of aromatic nitrogens is 1. The zero-order valence-electron chi connectivity index (χ0n) is 9.84. The van der Waals surface area contributed by atoms with Crippen LogP contribution in [0.5, 0.6) is 0 Å². The SMILES string of the molecule is C=CC1(CCn2c(C)ccc2C)OS(=O)(=O)S1. The standard InChI is InChI=1S/C11H15NO3S2/c1-4-11(15-17(13,14)16-11)7-8-12-9(2)5-6-10(12)3/h4-6H,1,7-8H2,2-3H3. The predicted octanol–water partition coefficient (Wildman–Crippen LogP) is 2.39. The van der Waals surface area contributed by atoms with E-state index in [-0.39, 0.29) is 0 Å². The van der Waals surface area contributed by atoms with E-state index in [0.29, 0.717) is 6.42 Å². The molecule has 1 atom stereocenters. The molecule has 1 fully saturated rings. The van der Waals surface area contributed by atoms with Crippen LogP contribution in [0.15, 0.2) is 24.8 Å². The van der Waals surface area contributed by atoms with E-state index < -0.39 is 14.1 Å². The van der Waals surface area contributed by atoms with Crippen LogP contribution in [-0.2, 0) is 19.9 Å². The van der Waals surface area contributed by atoms with Gasteiger partial charge < -0.3 is 4.57 Å². The van der Waals surface area contributed by atoms with Crippen molar-refractivity contribution in [1.82, 2.24) is 4.57 Å². The molecule has 4 nitrogen and oxygen atoms in total. The largest absolute Gasteiger partial charge is 0.349 e. The second-order valence-electron chi connectivity index (χ2n) is 4.11. The number of aryl methyl sites for hydroxylation is 2. The molecule has 1 unspecified atom stereocenters. The zero-order chi connectivity index (χ0) is 12.7. The normalized spacial score (nSPS) is 26.5. The second-order valence-corrected chi connectivity index (χ2v) is 7.67. The van der Waals surface area contributed by atoms with Crippen molar-refractivity contribution in [1.29, 1.82) is 0 Å². The Morgan fingerprint density at radius 3 is 2.41 bits per heavy atom. The smallest absolute Gasteiger partial charge is 0.327 e. The van der Waals surface area contributed by atoms with Crippen molar-refractivity contribution < 1.29 is 12.6 Å². The summed E-state index contributed by atoms with van der Waals surface area (Å²) in [5.41, 5.74) is 2.32. The van der Waals surface area contributed by atoms with Gasteiger partial charge in [-0.05, 0) is 32.1 Å². The van der Waals surface area contributed by atoms with Crippen LogP contribution in [-0.4, -0.2) is 17.9 Å². The topological polar surface area (TPSA) is 48.3 Å². The summed E-state index contributed by atoms with van der Waals surface area (Å²) >= 11 is 0. The first-order valence-electron chi connectivity index (χ1n) is 5.30. The summed E-state index contributed by atoms with van der Waals surface area (Å²) in [5, 5.41) is 0. The van der Waals surface area contributed by atoms with Crippen LogP contribution >= 0.6 is 10.8 Å². The molecule has 0 radical (unpaired) electrons. The van der Waals surface area contributed by atoms with E-state index in [0.717, 1.165) is 28.7 Å². The predicted molar refractivity (Wildman–Crippen MR) is 69.0 cm³/mol. The molecular weight excluding hydrogens is 258 g/mol. The van der Waals surface area contributed by atoms with Crippen LogP contribution in [0.4, 0.5) is 0 Å². The highest BCUT2D eigenvalue weighted by Gasteiger charge is 2.49. The first kappa shape index (κ1) is 12.7. The molecule has 2 heterocycles. The number of nitrogens with zero attached hydrogens (tertiary/aromatic N) is 1. The maximum Gasteiger partial charge on any atom is 0.327 e. The lowest BCUT2D eigenvalue weighted by molar-refractivity contribution is 0.195. The van der Waals surface area contributed by atoms with Crippen molar-refractivity contribution in [2.75, 3.05) is 0 Å². The van der Waals surface area contributed by atoms with Crippen LogP contribution in [0.2, 0.25) is 0 Å². The fourth-order valence-electron chi connectivity index (χ4n) is 1.92. The van der Waals surface area contributed by atoms with Crippen molar-refractivity contribution in [2.24, 2.45) is 0 Å². The molecule has 17 heavy (non-hydrogen) atoms. The molecular formula is C11H15NO3S2. The van der Waals surface area contributed by atoms with Crippen molar-refractivity contribution in [2.45, 2.75) is 31.7 Å². The van der Waals surface area contributed by atoms with Gasteiger partial charge in [-0.15, -0.1) is 0 Å². The van der Waals surface area contributed by atoms with Crippen molar-refractivity contribution in [3.8, 4) is 0 Å². The lowest BCUT2D eigenvalue weighted by atomic mass is 10.2. The Bertz CT molecular complexity index is 514. The summed E-state index contributed by atoms with van der Waals surface area (Å²) in [4.78, 5) is -0.776. The van der Waals surface area contributed by atoms with Crippen LogP contribution in [0.25, 0.3) is 0 Å². The molecule has 1 aromatic heterocycles. The van der Waals surface area contributed by atoms with Gasteiger partial charge in [0.2, 0.25) is 0 Å². The molecule has 0 aromatic carbocycles. The van der Waals surface area contributed by atoms with E-state index >= 15 is 0 Å². The molecule has 2 rings (SSSR count). The lowest BCUT2D eigenvalue weighted by Crippen LogP contribution is -2.40. The minimum Gasteiger partial charge on any atom is -0.349 e. The quantitative estimate of drug-likeness (QED) is 0.624. The summed E-state index contributed by atoms with van der Waals surface area (Å²) in [5.74, 6) is 0. The van der Waals surface area contributed by atoms with Crippen molar-refractivity contribution >= 4 is 19.9 Å². The van der Waals surface area contributed by atoms with E-state index in [1.165, 1.54) is 0 Å². The molecule has 0 aliphatic carbocycles. The Hall–Kier alpha value is -0.720. The Morgan fingerprint density at radius 2 is 2.00 bits per heavy atom. The first-order chi connectivity index (χ1) is 7.87. The molecule has 0 bridgehead atoms. The highest BCUT2D eigenvalue weighted by molar-refractivity contribution is 8.73. The monoisotopic (exact) mass is 273 g/mol.